The molecule has 2 rings (SSSR count). The van der Waals surface area contributed by atoms with Crippen LogP contribution in [0.5, 0.6) is 0 Å². The number of fused-ring (bicyclic) bond motifs is 1. The van der Waals surface area contributed by atoms with Crippen LogP contribution in [-0.2, 0) is 25.6 Å². The Morgan fingerprint density at radius 1 is 1.00 bits per heavy atom. The maximum atomic E-state index is 13.3. The lowest BCUT2D eigenvalue weighted by atomic mass is 10.00. The number of aliphatic hydroxyl groups is 1. The summed E-state index contributed by atoms with van der Waals surface area (Å²) in [6.45, 7) is 2.90. The molecule has 4 unspecified atom stereocenters. The highest BCUT2D eigenvalue weighted by atomic mass is 16.4. The highest BCUT2D eigenvalue weighted by molar-refractivity contribution is 5.95. The van der Waals surface area contributed by atoms with E-state index in [-0.39, 0.29) is 24.7 Å². The van der Waals surface area contributed by atoms with Gasteiger partial charge >= 0.3 is 5.97 Å². The molecule has 12 N–H and O–H groups in total. The lowest BCUT2D eigenvalue weighted by Crippen LogP contribution is -2.59. The van der Waals surface area contributed by atoms with Crippen LogP contribution in [0.2, 0.25) is 0 Å². The highest BCUT2D eigenvalue weighted by Gasteiger charge is 2.32. The first-order valence-electron chi connectivity index (χ1n) is 12.5. The Balaban J connectivity index is 2.19. The van der Waals surface area contributed by atoms with E-state index >= 15 is 0 Å². The second-order valence-electron chi connectivity index (χ2n) is 9.49. The third kappa shape index (κ3) is 9.26. The van der Waals surface area contributed by atoms with E-state index in [1.54, 1.807) is 20.0 Å². The number of nitrogens with two attached hydrogens (primary N) is 3. The number of guanidine groups is 1. The van der Waals surface area contributed by atoms with Crippen molar-refractivity contribution in [2.24, 2.45) is 28.1 Å². The van der Waals surface area contributed by atoms with E-state index < -0.39 is 54.5 Å². The topological polar surface area (TPSA) is 251 Å². The Morgan fingerprint density at radius 2 is 1.67 bits per heavy atom. The van der Waals surface area contributed by atoms with Crippen molar-refractivity contribution < 1.29 is 29.4 Å². The molecule has 0 fully saturated rings. The average Bonchev–Trinajstić information content (AvgIpc) is 3.29. The Hall–Kier alpha value is -4.17. The summed E-state index contributed by atoms with van der Waals surface area (Å²) in [5.74, 6) is -3.88. The smallest absolute Gasteiger partial charge is 0.328 e. The van der Waals surface area contributed by atoms with Crippen LogP contribution < -0.4 is 33.2 Å². The number of carboxylic acids is 1. The monoisotopic (exact) mass is 546 g/mol. The Bertz CT molecular complexity index is 1180. The van der Waals surface area contributed by atoms with Gasteiger partial charge in [0.1, 0.15) is 18.1 Å². The minimum absolute atomic E-state index is 0.0163. The third-order valence-corrected chi connectivity index (χ3v) is 6.08. The molecule has 4 atom stereocenters. The fraction of sp³-hybridized carbons (Fsp3) is 0.480. The third-order valence-electron chi connectivity index (χ3n) is 6.08. The standard InChI is InChI=1S/C25H38N8O6/c1-13(2)20(33-21(35)16(26)7-5-9-29-25(27)28)23(37)31-18(22(36)32-19(12-34)24(38)39)10-14-11-30-17-8-4-3-6-15(14)17/h3-4,6,8,11,13,16,18-20,30,34H,5,7,9-10,12,26H2,1-2H3,(H,31,37)(H,32,36)(H,33,35)(H,38,39)(H4,27,28,29). The van der Waals surface area contributed by atoms with Gasteiger partial charge in [0.25, 0.3) is 0 Å². The summed E-state index contributed by atoms with van der Waals surface area (Å²) in [6, 6.07) is 2.64. The first-order chi connectivity index (χ1) is 18.4. The van der Waals surface area contributed by atoms with Gasteiger partial charge in [-0.3, -0.25) is 19.4 Å². The van der Waals surface area contributed by atoms with Crippen molar-refractivity contribution in [1.29, 1.82) is 0 Å². The van der Waals surface area contributed by atoms with Crippen LogP contribution in [-0.4, -0.2) is 82.2 Å². The van der Waals surface area contributed by atoms with Crippen molar-refractivity contribution in [3.8, 4) is 0 Å². The molecule has 0 aliphatic heterocycles. The van der Waals surface area contributed by atoms with Crippen LogP contribution in [0.3, 0.4) is 0 Å². The number of aliphatic carboxylic acids is 1. The number of aromatic amines is 1. The number of nitrogens with one attached hydrogen (secondary N) is 4. The quantitative estimate of drug-likeness (QED) is 0.0698. The minimum atomic E-state index is -1.56. The number of benzene rings is 1. The van der Waals surface area contributed by atoms with E-state index in [2.05, 4.69) is 25.9 Å². The molecule has 1 aromatic heterocycles. The van der Waals surface area contributed by atoms with Gasteiger partial charge in [0, 0.05) is 30.1 Å². The van der Waals surface area contributed by atoms with Crippen molar-refractivity contribution in [1.82, 2.24) is 20.9 Å². The molecular weight excluding hydrogens is 508 g/mol. The van der Waals surface area contributed by atoms with Crippen LogP contribution in [0.1, 0.15) is 32.3 Å². The second-order valence-corrected chi connectivity index (χ2v) is 9.49. The zero-order chi connectivity index (χ0) is 29.1. The number of amides is 3. The summed E-state index contributed by atoms with van der Waals surface area (Å²) in [7, 11) is 0. The van der Waals surface area contributed by atoms with Gasteiger partial charge < -0.3 is 48.3 Å². The molecule has 2 aromatic rings. The summed E-state index contributed by atoms with van der Waals surface area (Å²) in [6.07, 6.45) is 2.44. The summed E-state index contributed by atoms with van der Waals surface area (Å²) in [5, 5.41) is 27.0. The van der Waals surface area contributed by atoms with Crippen molar-refractivity contribution in [2.45, 2.75) is 57.3 Å². The number of carbonyl (C=O) groups is 4. The normalized spacial score (nSPS) is 14.2. The van der Waals surface area contributed by atoms with Gasteiger partial charge in [-0.15, -0.1) is 0 Å². The SMILES string of the molecule is CC(C)C(NC(=O)C(N)CCCN=C(N)N)C(=O)NC(Cc1c[nH]c2ccccc12)C(=O)NC(CO)C(=O)O. The Labute approximate surface area is 225 Å². The van der Waals surface area contributed by atoms with E-state index in [4.69, 9.17) is 17.2 Å². The van der Waals surface area contributed by atoms with E-state index in [0.717, 1.165) is 10.9 Å². The number of carbonyl (C=O) groups excluding carboxylic acids is 3. The second kappa shape index (κ2) is 14.7. The van der Waals surface area contributed by atoms with Gasteiger partial charge in [0.05, 0.1) is 12.6 Å². The molecule has 0 aliphatic rings. The molecule has 14 heteroatoms. The molecule has 3 amide bonds. The maximum Gasteiger partial charge on any atom is 0.328 e. The number of aliphatic hydroxyl groups excluding tert-OH is 1. The van der Waals surface area contributed by atoms with Crippen LogP contribution in [0.4, 0.5) is 0 Å². The van der Waals surface area contributed by atoms with E-state index in [1.165, 1.54) is 0 Å². The zero-order valence-electron chi connectivity index (χ0n) is 22.0. The van der Waals surface area contributed by atoms with E-state index in [0.29, 0.717) is 18.5 Å². The Morgan fingerprint density at radius 3 is 2.28 bits per heavy atom. The summed E-state index contributed by atoms with van der Waals surface area (Å²) in [5.41, 5.74) is 18.1. The van der Waals surface area contributed by atoms with Crippen LogP contribution in [0, 0.1) is 5.92 Å². The zero-order valence-corrected chi connectivity index (χ0v) is 22.0. The number of hydrogen-bond acceptors (Lipinski definition) is 7. The molecule has 39 heavy (non-hydrogen) atoms. The lowest BCUT2D eigenvalue weighted by Gasteiger charge is -2.27. The molecule has 0 radical (unpaired) electrons. The fourth-order valence-corrected chi connectivity index (χ4v) is 3.89. The van der Waals surface area contributed by atoms with Gasteiger partial charge in [-0.2, -0.15) is 0 Å². The van der Waals surface area contributed by atoms with Crippen molar-refractivity contribution in [3.05, 3.63) is 36.0 Å². The largest absolute Gasteiger partial charge is 0.480 e. The maximum absolute atomic E-state index is 13.3. The molecule has 0 aliphatic carbocycles. The predicted octanol–water partition coefficient (Wildman–Crippen LogP) is -1.72. The molecule has 14 nitrogen and oxygen atoms in total. The van der Waals surface area contributed by atoms with Gasteiger partial charge in [0.2, 0.25) is 17.7 Å². The molecule has 1 aromatic carbocycles. The number of aliphatic imine (C=N–C) groups is 1. The number of H-pyrrole nitrogens is 1. The van der Waals surface area contributed by atoms with Crippen molar-refractivity contribution >= 4 is 40.6 Å². The minimum Gasteiger partial charge on any atom is -0.480 e. The van der Waals surface area contributed by atoms with E-state index in [1.807, 2.05) is 24.3 Å². The summed E-state index contributed by atoms with van der Waals surface area (Å²) < 4.78 is 0. The number of aromatic nitrogens is 1. The number of nitrogens with zero attached hydrogens (tertiary/aromatic N) is 1. The van der Waals surface area contributed by atoms with Crippen LogP contribution in [0.25, 0.3) is 10.9 Å². The molecule has 1 heterocycles. The van der Waals surface area contributed by atoms with Crippen LogP contribution >= 0.6 is 0 Å². The molecule has 214 valence electrons. The van der Waals surface area contributed by atoms with Crippen molar-refractivity contribution in [3.63, 3.8) is 0 Å². The Kier molecular flexibility index (Phi) is 11.7. The van der Waals surface area contributed by atoms with Crippen LogP contribution in [0.15, 0.2) is 35.5 Å². The molecule has 0 saturated heterocycles. The molecule has 0 saturated carbocycles. The fourth-order valence-electron chi connectivity index (χ4n) is 3.89. The predicted molar refractivity (Wildman–Crippen MR) is 145 cm³/mol. The van der Waals surface area contributed by atoms with Crippen molar-refractivity contribution in [2.75, 3.05) is 13.2 Å². The number of rotatable bonds is 15. The summed E-state index contributed by atoms with van der Waals surface area (Å²) >= 11 is 0. The first kappa shape index (κ1) is 31.1. The highest BCUT2D eigenvalue weighted by Crippen LogP contribution is 2.19. The molecular formula is C25H38N8O6. The number of hydrogen-bond donors (Lipinski definition) is 9. The molecule has 0 spiro atoms. The first-order valence-corrected chi connectivity index (χ1v) is 12.5. The lowest BCUT2D eigenvalue weighted by molar-refractivity contribution is -0.143. The van der Waals surface area contributed by atoms with Gasteiger partial charge in [-0.1, -0.05) is 32.0 Å². The number of para-hydroxylation sites is 1. The van der Waals surface area contributed by atoms with Gasteiger partial charge in [-0.25, -0.2) is 4.79 Å². The van der Waals surface area contributed by atoms with Gasteiger partial charge in [-0.05, 0) is 30.4 Å². The molecule has 0 bridgehead atoms. The average molecular weight is 547 g/mol. The number of carboxylic acid groups (broad SMARTS) is 1. The summed E-state index contributed by atoms with van der Waals surface area (Å²) in [4.78, 5) is 57.4. The van der Waals surface area contributed by atoms with Gasteiger partial charge in [0.15, 0.2) is 5.96 Å². The van der Waals surface area contributed by atoms with E-state index in [9.17, 15) is 29.4 Å².